The van der Waals surface area contributed by atoms with Crippen LogP contribution in [0.2, 0.25) is 0 Å². The first-order valence-corrected chi connectivity index (χ1v) is 7.38. The molecule has 0 spiro atoms. The molecule has 116 valence electrons. The fourth-order valence-corrected chi connectivity index (χ4v) is 3.44. The highest BCUT2D eigenvalue weighted by atomic mass is 16.6. The molecule has 0 amide bonds. The molecule has 0 aromatic carbocycles. The predicted molar refractivity (Wildman–Crippen MR) is 77.1 cm³/mol. The maximum atomic E-state index is 11.3. The second-order valence-electron chi connectivity index (χ2n) is 5.77. The fourth-order valence-electron chi connectivity index (χ4n) is 3.44. The van der Waals surface area contributed by atoms with Gasteiger partial charge in [-0.25, -0.2) is 4.68 Å². The Morgan fingerprint density at radius 1 is 1.62 bits per heavy atom. The lowest BCUT2D eigenvalue weighted by atomic mass is 9.68. The largest absolute Gasteiger partial charge is 0.376 e. The Morgan fingerprint density at radius 3 is 3.05 bits per heavy atom. The van der Waals surface area contributed by atoms with Crippen LogP contribution in [0, 0.1) is 16.0 Å². The molecule has 1 saturated heterocycles. The van der Waals surface area contributed by atoms with Crippen molar-refractivity contribution in [3.8, 4) is 0 Å². The van der Waals surface area contributed by atoms with Crippen molar-refractivity contribution >= 4 is 11.5 Å². The van der Waals surface area contributed by atoms with Gasteiger partial charge in [-0.1, -0.05) is 6.92 Å². The van der Waals surface area contributed by atoms with Gasteiger partial charge < -0.3 is 15.8 Å². The van der Waals surface area contributed by atoms with Crippen molar-refractivity contribution < 1.29 is 9.66 Å². The first-order chi connectivity index (χ1) is 10.0. The molecule has 1 aromatic rings. The van der Waals surface area contributed by atoms with E-state index >= 15 is 0 Å². The molecule has 1 aliphatic heterocycles. The molecule has 21 heavy (non-hydrogen) atoms. The van der Waals surface area contributed by atoms with E-state index in [2.05, 4.69) is 10.4 Å². The quantitative estimate of drug-likeness (QED) is 0.628. The third kappa shape index (κ3) is 2.18. The van der Waals surface area contributed by atoms with Crippen LogP contribution in [-0.2, 0) is 18.2 Å². The molecule has 0 bridgehead atoms. The first kappa shape index (κ1) is 14.3. The topological polar surface area (TPSA) is 108 Å². The normalized spacial score (nSPS) is 31.4. The second-order valence-corrected chi connectivity index (χ2v) is 5.77. The van der Waals surface area contributed by atoms with Gasteiger partial charge in [0, 0.05) is 25.6 Å². The van der Waals surface area contributed by atoms with E-state index < -0.39 is 0 Å². The lowest BCUT2D eigenvalue weighted by Gasteiger charge is -2.52. The molecule has 0 radical (unpaired) electrons. The van der Waals surface area contributed by atoms with E-state index in [1.165, 1.54) is 4.68 Å². The second kappa shape index (κ2) is 5.27. The molecule has 2 heterocycles. The molecule has 3 N–H and O–H groups in total. The van der Waals surface area contributed by atoms with Gasteiger partial charge in [0.1, 0.15) is 5.69 Å². The highest BCUT2D eigenvalue weighted by molar-refractivity contribution is 5.61. The number of nitrogens with two attached hydrogens (primary N) is 1. The van der Waals surface area contributed by atoms with Gasteiger partial charge in [-0.05, 0) is 19.3 Å². The number of aryl methyl sites for hydroxylation is 2. The van der Waals surface area contributed by atoms with Crippen LogP contribution in [0.4, 0.5) is 11.5 Å². The summed E-state index contributed by atoms with van der Waals surface area (Å²) in [5, 5.41) is 18.7. The lowest BCUT2D eigenvalue weighted by molar-refractivity contribution is -0.384. The summed E-state index contributed by atoms with van der Waals surface area (Å²) < 4.78 is 7.29. The monoisotopic (exact) mass is 295 g/mol. The zero-order chi connectivity index (χ0) is 15.1. The van der Waals surface area contributed by atoms with Crippen LogP contribution in [0.25, 0.3) is 0 Å². The van der Waals surface area contributed by atoms with Crippen molar-refractivity contribution in [2.45, 2.75) is 44.4 Å². The van der Waals surface area contributed by atoms with Crippen LogP contribution in [0.1, 0.15) is 25.5 Å². The van der Waals surface area contributed by atoms with Crippen molar-refractivity contribution in [2.24, 2.45) is 18.7 Å². The zero-order valence-corrected chi connectivity index (χ0v) is 12.3. The molecule has 1 aliphatic carbocycles. The van der Waals surface area contributed by atoms with Gasteiger partial charge in [-0.3, -0.25) is 10.1 Å². The Kier molecular flexibility index (Phi) is 3.58. The predicted octanol–water partition coefficient (Wildman–Crippen LogP) is 0.807. The maximum Gasteiger partial charge on any atom is 0.333 e. The Hall–Kier alpha value is -1.67. The zero-order valence-electron chi connectivity index (χ0n) is 12.3. The molecule has 4 unspecified atom stereocenters. The number of ether oxygens (including phenoxy) is 1. The van der Waals surface area contributed by atoms with E-state index in [-0.39, 0.29) is 28.8 Å². The molecule has 4 atom stereocenters. The van der Waals surface area contributed by atoms with Crippen molar-refractivity contribution in [1.82, 2.24) is 9.78 Å². The summed E-state index contributed by atoms with van der Waals surface area (Å²) >= 11 is 0. The lowest BCUT2D eigenvalue weighted by Crippen LogP contribution is -2.69. The molecule has 3 rings (SSSR count). The summed E-state index contributed by atoms with van der Waals surface area (Å²) in [6.45, 7) is 2.59. The molecule has 1 aromatic heterocycles. The van der Waals surface area contributed by atoms with Gasteiger partial charge >= 0.3 is 5.69 Å². The first-order valence-electron chi connectivity index (χ1n) is 7.38. The average molecular weight is 295 g/mol. The Labute approximate surface area is 122 Å². The standard InChI is InChI=1S/C13H21N5O3/c1-3-8-11(18(19)20)13(17(2)16-8)15-10-9(14)7-5-4-6-21-12(7)10/h7,9-10,12,15H,3-6,14H2,1-2H3. The minimum atomic E-state index is -0.377. The summed E-state index contributed by atoms with van der Waals surface area (Å²) in [5.41, 5.74) is 6.73. The number of nitro groups is 1. The van der Waals surface area contributed by atoms with E-state index in [0.29, 0.717) is 23.9 Å². The third-order valence-corrected chi connectivity index (χ3v) is 4.59. The summed E-state index contributed by atoms with van der Waals surface area (Å²) in [7, 11) is 1.71. The van der Waals surface area contributed by atoms with E-state index in [1.807, 2.05) is 6.92 Å². The van der Waals surface area contributed by atoms with Crippen molar-refractivity contribution in [3.05, 3.63) is 15.8 Å². The maximum absolute atomic E-state index is 11.3. The van der Waals surface area contributed by atoms with Gasteiger partial charge in [-0.15, -0.1) is 0 Å². The van der Waals surface area contributed by atoms with Gasteiger partial charge in [0.05, 0.1) is 17.1 Å². The molecule has 8 heteroatoms. The van der Waals surface area contributed by atoms with Crippen molar-refractivity contribution in [2.75, 3.05) is 11.9 Å². The highest BCUT2D eigenvalue weighted by Gasteiger charge is 2.51. The molecule has 1 saturated carbocycles. The van der Waals surface area contributed by atoms with Crippen LogP contribution < -0.4 is 11.1 Å². The SMILES string of the molecule is CCc1nn(C)c(NC2C(N)C3CCCOC32)c1[N+](=O)[O-]. The number of nitrogens with one attached hydrogen (secondary N) is 1. The Morgan fingerprint density at radius 2 is 2.38 bits per heavy atom. The van der Waals surface area contributed by atoms with E-state index in [0.717, 1.165) is 19.4 Å². The number of nitrogens with zero attached hydrogens (tertiary/aromatic N) is 3. The average Bonchev–Trinajstić information content (AvgIpc) is 2.80. The minimum Gasteiger partial charge on any atom is -0.376 e. The molecular formula is C13H21N5O3. The summed E-state index contributed by atoms with van der Waals surface area (Å²) in [6.07, 6.45) is 2.67. The molecule has 2 aliphatic rings. The number of hydrogen-bond donors (Lipinski definition) is 2. The summed E-state index contributed by atoms with van der Waals surface area (Å²) in [5.74, 6) is 0.777. The van der Waals surface area contributed by atoms with Crippen molar-refractivity contribution in [3.63, 3.8) is 0 Å². The number of hydrogen-bond acceptors (Lipinski definition) is 6. The van der Waals surface area contributed by atoms with Crippen molar-refractivity contribution in [1.29, 1.82) is 0 Å². The van der Waals surface area contributed by atoms with E-state index in [9.17, 15) is 10.1 Å². The fraction of sp³-hybridized carbons (Fsp3) is 0.769. The number of anilines is 1. The van der Waals surface area contributed by atoms with Crippen LogP contribution >= 0.6 is 0 Å². The minimum absolute atomic E-state index is 0.0325. The van der Waals surface area contributed by atoms with Gasteiger partial charge in [-0.2, -0.15) is 5.10 Å². The van der Waals surface area contributed by atoms with Crippen LogP contribution in [0.5, 0.6) is 0 Å². The summed E-state index contributed by atoms with van der Waals surface area (Å²) in [4.78, 5) is 10.9. The van der Waals surface area contributed by atoms with Crippen LogP contribution in [-0.4, -0.2) is 39.5 Å². The number of aromatic nitrogens is 2. The molecule has 8 nitrogen and oxygen atoms in total. The Bertz CT molecular complexity index is 558. The Balaban J connectivity index is 1.85. The third-order valence-electron chi connectivity index (χ3n) is 4.59. The van der Waals surface area contributed by atoms with Crippen LogP contribution in [0.15, 0.2) is 0 Å². The van der Waals surface area contributed by atoms with E-state index in [1.54, 1.807) is 7.05 Å². The molecule has 2 fully saturated rings. The number of rotatable bonds is 4. The van der Waals surface area contributed by atoms with Gasteiger partial charge in [0.15, 0.2) is 0 Å². The number of fused-ring (bicyclic) bond motifs is 1. The van der Waals surface area contributed by atoms with Gasteiger partial charge in [0.2, 0.25) is 5.82 Å². The van der Waals surface area contributed by atoms with Crippen LogP contribution in [0.3, 0.4) is 0 Å². The van der Waals surface area contributed by atoms with Gasteiger partial charge in [0.25, 0.3) is 0 Å². The van der Waals surface area contributed by atoms with E-state index in [4.69, 9.17) is 10.5 Å². The summed E-state index contributed by atoms with van der Waals surface area (Å²) in [6, 6.07) is -0.121. The molecular weight excluding hydrogens is 274 g/mol. The smallest absolute Gasteiger partial charge is 0.333 e. The highest BCUT2D eigenvalue weighted by Crippen LogP contribution is 2.40.